The number of benzene rings is 2. The number of aromatic nitrogens is 1. The Kier molecular flexibility index (Phi) is 10.3. The van der Waals surface area contributed by atoms with Gasteiger partial charge in [0.2, 0.25) is 0 Å². The van der Waals surface area contributed by atoms with Gasteiger partial charge in [-0.2, -0.15) is 0 Å². The van der Waals surface area contributed by atoms with Crippen LogP contribution >= 0.6 is 35.3 Å². The number of thiazole rings is 1. The summed E-state index contributed by atoms with van der Waals surface area (Å²) >= 11 is 1.67. The summed E-state index contributed by atoms with van der Waals surface area (Å²) in [7, 11) is 3.83. The summed E-state index contributed by atoms with van der Waals surface area (Å²) in [6.07, 6.45) is 0. The van der Waals surface area contributed by atoms with E-state index in [1.807, 2.05) is 32.2 Å². The Morgan fingerprint density at radius 2 is 1.67 bits per heavy atom. The van der Waals surface area contributed by atoms with E-state index < -0.39 is 0 Å². The molecule has 0 amide bonds. The number of guanidine groups is 1. The van der Waals surface area contributed by atoms with Crippen molar-refractivity contribution < 1.29 is 4.74 Å². The van der Waals surface area contributed by atoms with Crippen molar-refractivity contribution in [2.75, 3.05) is 14.1 Å². The Morgan fingerprint density at radius 3 is 2.27 bits per heavy atom. The van der Waals surface area contributed by atoms with Crippen LogP contribution in [0.1, 0.15) is 27.4 Å². The maximum Gasteiger partial charge on any atom is 0.194 e. The zero-order valence-electron chi connectivity index (χ0n) is 17.7. The van der Waals surface area contributed by atoms with Crippen LogP contribution in [0.15, 0.2) is 65.0 Å². The molecule has 5 nitrogen and oxygen atoms in total. The van der Waals surface area contributed by atoms with Crippen molar-refractivity contribution in [3.05, 3.63) is 87.4 Å². The van der Waals surface area contributed by atoms with E-state index in [1.54, 1.807) is 18.4 Å². The predicted octanol–water partition coefficient (Wildman–Crippen LogP) is 4.99. The highest BCUT2D eigenvalue weighted by atomic mass is 127. The topological polar surface area (TPSA) is 49.8 Å². The average Bonchev–Trinajstić information content (AvgIpc) is 3.15. The number of ether oxygens (including phenoxy) is 1. The molecule has 1 heterocycles. The van der Waals surface area contributed by atoms with E-state index in [0.717, 1.165) is 29.8 Å². The lowest BCUT2D eigenvalue weighted by Gasteiger charge is -2.21. The number of aliphatic imine (C=N–C) groups is 1. The number of hydrogen-bond donors (Lipinski definition) is 1. The minimum atomic E-state index is 0. The molecule has 0 aliphatic heterocycles. The van der Waals surface area contributed by atoms with Gasteiger partial charge in [-0.05, 0) is 23.6 Å². The highest BCUT2D eigenvalue weighted by molar-refractivity contribution is 14.0. The van der Waals surface area contributed by atoms with Crippen LogP contribution in [0.5, 0.6) is 0 Å². The van der Waals surface area contributed by atoms with Crippen LogP contribution in [-0.4, -0.2) is 29.9 Å². The summed E-state index contributed by atoms with van der Waals surface area (Å²) in [5.74, 6) is 0.853. The first-order valence-corrected chi connectivity index (χ1v) is 10.5. The SMILES string of the molecule is CN=C(NCc1ccc(COCc2ccccc2)cc1)N(C)Cc1csc(C)n1.I. The van der Waals surface area contributed by atoms with Crippen LogP contribution in [0.4, 0.5) is 0 Å². The molecular formula is C23H29IN4OS. The highest BCUT2D eigenvalue weighted by Gasteiger charge is 2.08. The Morgan fingerprint density at radius 1 is 1.03 bits per heavy atom. The van der Waals surface area contributed by atoms with Crippen molar-refractivity contribution in [3.8, 4) is 0 Å². The molecule has 0 atom stereocenters. The van der Waals surface area contributed by atoms with E-state index in [9.17, 15) is 0 Å². The van der Waals surface area contributed by atoms with Crippen molar-refractivity contribution in [2.45, 2.75) is 33.2 Å². The Bertz CT molecular complexity index is 912. The third-order valence-electron chi connectivity index (χ3n) is 4.49. The molecule has 7 heteroatoms. The molecule has 0 spiro atoms. The molecule has 0 aliphatic rings. The highest BCUT2D eigenvalue weighted by Crippen LogP contribution is 2.11. The number of hydrogen-bond acceptors (Lipinski definition) is 4. The van der Waals surface area contributed by atoms with Crippen LogP contribution in [0.25, 0.3) is 0 Å². The molecule has 2 aromatic carbocycles. The van der Waals surface area contributed by atoms with Gasteiger partial charge in [0.05, 0.1) is 30.5 Å². The molecule has 0 aliphatic carbocycles. The first-order chi connectivity index (χ1) is 14.1. The minimum Gasteiger partial charge on any atom is -0.372 e. The van der Waals surface area contributed by atoms with E-state index in [-0.39, 0.29) is 24.0 Å². The van der Waals surface area contributed by atoms with Gasteiger partial charge in [-0.1, -0.05) is 54.6 Å². The van der Waals surface area contributed by atoms with Gasteiger partial charge in [0, 0.05) is 26.0 Å². The fourth-order valence-corrected chi connectivity index (χ4v) is 3.58. The Hall–Kier alpha value is -1.97. The van der Waals surface area contributed by atoms with Crippen LogP contribution in [0.3, 0.4) is 0 Å². The predicted molar refractivity (Wildman–Crippen MR) is 135 cm³/mol. The summed E-state index contributed by atoms with van der Waals surface area (Å²) in [6.45, 7) is 4.73. The van der Waals surface area contributed by atoms with Gasteiger partial charge in [0.15, 0.2) is 5.96 Å². The van der Waals surface area contributed by atoms with Crippen molar-refractivity contribution in [3.63, 3.8) is 0 Å². The minimum absolute atomic E-state index is 0. The molecule has 0 saturated heterocycles. The average molecular weight is 536 g/mol. The second-order valence-corrected chi connectivity index (χ2v) is 7.97. The van der Waals surface area contributed by atoms with Crippen LogP contribution in [-0.2, 0) is 31.0 Å². The molecule has 0 saturated carbocycles. The molecule has 1 aromatic heterocycles. The van der Waals surface area contributed by atoms with E-state index in [0.29, 0.717) is 13.2 Å². The largest absolute Gasteiger partial charge is 0.372 e. The standard InChI is InChI=1S/C23H28N4OS.HI/c1-18-26-22(17-29-18)14-27(3)23(24-2)25-13-19-9-11-21(12-10-19)16-28-15-20-7-5-4-6-8-20;/h4-12,17H,13-16H2,1-3H3,(H,24,25);1H. The van der Waals surface area contributed by atoms with Gasteiger partial charge in [0.25, 0.3) is 0 Å². The maximum absolute atomic E-state index is 5.80. The van der Waals surface area contributed by atoms with Gasteiger partial charge >= 0.3 is 0 Å². The van der Waals surface area contributed by atoms with Crippen LogP contribution in [0, 0.1) is 6.92 Å². The fourth-order valence-electron chi connectivity index (χ4n) is 2.98. The first kappa shape index (κ1) is 24.3. The molecule has 3 aromatic rings. The molecule has 3 rings (SSSR count). The number of nitrogens with one attached hydrogen (secondary N) is 1. The molecule has 0 unspecified atom stereocenters. The molecular weight excluding hydrogens is 507 g/mol. The monoisotopic (exact) mass is 536 g/mol. The van der Waals surface area contributed by atoms with Crippen LogP contribution < -0.4 is 5.32 Å². The van der Waals surface area contributed by atoms with Gasteiger partial charge < -0.3 is 15.0 Å². The summed E-state index contributed by atoms with van der Waals surface area (Å²) in [4.78, 5) is 11.0. The Balaban J connectivity index is 0.00000320. The molecule has 1 N–H and O–H groups in total. The summed E-state index contributed by atoms with van der Waals surface area (Å²) in [6, 6.07) is 18.7. The molecule has 160 valence electrons. The lowest BCUT2D eigenvalue weighted by atomic mass is 10.1. The smallest absolute Gasteiger partial charge is 0.194 e. The Labute approximate surface area is 200 Å². The van der Waals surface area contributed by atoms with E-state index in [4.69, 9.17) is 4.74 Å². The second kappa shape index (κ2) is 12.7. The molecule has 0 radical (unpaired) electrons. The van der Waals surface area contributed by atoms with Gasteiger partial charge in [-0.25, -0.2) is 4.98 Å². The summed E-state index contributed by atoms with van der Waals surface area (Å²) < 4.78 is 5.80. The summed E-state index contributed by atoms with van der Waals surface area (Å²) in [5, 5.41) is 6.60. The number of nitrogens with zero attached hydrogens (tertiary/aromatic N) is 3. The van der Waals surface area contributed by atoms with Crippen LogP contribution in [0.2, 0.25) is 0 Å². The van der Waals surface area contributed by atoms with E-state index >= 15 is 0 Å². The van der Waals surface area contributed by atoms with E-state index in [1.165, 1.54) is 16.7 Å². The zero-order valence-corrected chi connectivity index (χ0v) is 20.8. The quantitative estimate of drug-likeness (QED) is 0.250. The fraction of sp³-hybridized carbons (Fsp3) is 0.304. The molecule has 0 bridgehead atoms. The van der Waals surface area contributed by atoms with Crippen molar-refractivity contribution in [2.24, 2.45) is 4.99 Å². The normalized spacial score (nSPS) is 11.1. The third-order valence-corrected chi connectivity index (χ3v) is 5.32. The molecule has 30 heavy (non-hydrogen) atoms. The first-order valence-electron chi connectivity index (χ1n) is 9.66. The van der Waals surface area contributed by atoms with Gasteiger partial charge in [0.1, 0.15) is 0 Å². The maximum atomic E-state index is 5.80. The van der Waals surface area contributed by atoms with Crippen molar-refractivity contribution in [1.82, 2.24) is 15.2 Å². The second-order valence-electron chi connectivity index (χ2n) is 6.91. The van der Waals surface area contributed by atoms with Gasteiger partial charge in [-0.3, -0.25) is 4.99 Å². The lowest BCUT2D eigenvalue weighted by Crippen LogP contribution is -2.38. The molecule has 0 fully saturated rings. The lowest BCUT2D eigenvalue weighted by molar-refractivity contribution is 0.107. The van der Waals surface area contributed by atoms with Crippen molar-refractivity contribution in [1.29, 1.82) is 0 Å². The summed E-state index contributed by atoms with van der Waals surface area (Å²) in [5.41, 5.74) is 4.63. The zero-order chi connectivity index (χ0) is 20.5. The number of halogens is 1. The third kappa shape index (κ3) is 7.70. The number of aryl methyl sites for hydroxylation is 1. The van der Waals surface area contributed by atoms with E-state index in [2.05, 4.69) is 62.0 Å². The van der Waals surface area contributed by atoms with Crippen molar-refractivity contribution >= 4 is 41.3 Å². The van der Waals surface area contributed by atoms with Gasteiger partial charge in [-0.15, -0.1) is 35.3 Å². The number of rotatable bonds is 8.